The molecule has 2 aliphatic rings. The van der Waals surface area contributed by atoms with E-state index in [0.29, 0.717) is 5.69 Å². The van der Waals surface area contributed by atoms with E-state index < -0.39 is 5.82 Å². The van der Waals surface area contributed by atoms with Crippen molar-refractivity contribution in [1.29, 1.82) is 0 Å². The molecule has 1 unspecified atom stereocenters. The molecule has 0 spiro atoms. The SMILES string of the molecule is O=C(Nc1ccc(OC2CCC2)c(F)c1)C1CCCN1. The summed E-state index contributed by atoms with van der Waals surface area (Å²) in [6.07, 6.45) is 5.11. The fourth-order valence-corrected chi connectivity index (χ4v) is 2.48. The molecule has 2 N–H and O–H groups in total. The second-order valence-corrected chi connectivity index (χ2v) is 5.45. The summed E-state index contributed by atoms with van der Waals surface area (Å²) in [5.41, 5.74) is 0.474. The molecule has 108 valence electrons. The van der Waals surface area contributed by atoms with Gasteiger partial charge < -0.3 is 15.4 Å². The van der Waals surface area contributed by atoms with Gasteiger partial charge in [0.25, 0.3) is 0 Å². The van der Waals surface area contributed by atoms with Crippen molar-refractivity contribution in [2.75, 3.05) is 11.9 Å². The van der Waals surface area contributed by atoms with Crippen LogP contribution in [0.4, 0.5) is 10.1 Å². The van der Waals surface area contributed by atoms with Crippen LogP contribution in [0.15, 0.2) is 18.2 Å². The Bertz CT molecular complexity index is 497. The zero-order chi connectivity index (χ0) is 13.9. The molecule has 2 fully saturated rings. The van der Waals surface area contributed by atoms with Gasteiger partial charge in [0.15, 0.2) is 11.6 Å². The Hall–Kier alpha value is -1.62. The molecule has 4 nitrogen and oxygen atoms in total. The first-order chi connectivity index (χ1) is 9.72. The Balaban J connectivity index is 1.61. The molecule has 5 heteroatoms. The molecule has 1 saturated heterocycles. The number of anilines is 1. The quantitative estimate of drug-likeness (QED) is 0.889. The second kappa shape index (κ2) is 5.79. The minimum absolute atomic E-state index is 0.102. The van der Waals surface area contributed by atoms with Crippen molar-refractivity contribution < 1.29 is 13.9 Å². The molecule has 1 amide bonds. The van der Waals surface area contributed by atoms with Gasteiger partial charge in [-0.1, -0.05) is 0 Å². The van der Waals surface area contributed by atoms with Crippen LogP contribution in [0.2, 0.25) is 0 Å². The van der Waals surface area contributed by atoms with E-state index in [1.807, 2.05) is 0 Å². The normalized spacial score (nSPS) is 22.4. The van der Waals surface area contributed by atoms with Gasteiger partial charge in [0, 0.05) is 11.8 Å². The highest BCUT2D eigenvalue weighted by atomic mass is 19.1. The number of halogens is 1. The number of ether oxygens (including phenoxy) is 1. The summed E-state index contributed by atoms with van der Waals surface area (Å²) >= 11 is 0. The Morgan fingerprint density at radius 2 is 2.15 bits per heavy atom. The van der Waals surface area contributed by atoms with Crippen LogP contribution in [0.1, 0.15) is 32.1 Å². The fourth-order valence-electron chi connectivity index (χ4n) is 2.48. The number of rotatable bonds is 4. The fraction of sp³-hybridized carbons (Fsp3) is 0.533. The lowest BCUT2D eigenvalue weighted by atomic mass is 9.96. The van der Waals surface area contributed by atoms with Crippen molar-refractivity contribution in [3.8, 4) is 5.75 Å². The molecule has 1 atom stereocenters. The maximum atomic E-state index is 13.9. The number of carbonyl (C=O) groups is 1. The van der Waals surface area contributed by atoms with Gasteiger partial charge in [0.1, 0.15) is 0 Å². The van der Waals surface area contributed by atoms with E-state index in [1.165, 1.54) is 6.07 Å². The lowest BCUT2D eigenvalue weighted by molar-refractivity contribution is -0.117. The predicted octanol–water partition coefficient (Wildman–Crippen LogP) is 2.45. The van der Waals surface area contributed by atoms with Gasteiger partial charge in [0.05, 0.1) is 12.1 Å². The number of hydrogen-bond donors (Lipinski definition) is 2. The zero-order valence-electron chi connectivity index (χ0n) is 11.3. The summed E-state index contributed by atoms with van der Waals surface area (Å²) in [6, 6.07) is 4.43. The third-order valence-corrected chi connectivity index (χ3v) is 3.92. The Morgan fingerprint density at radius 3 is 2.75 bits per heavy atom. The summed E-state index contributed by atoms with van der Waals surface area (Å²) in [5.74, 6) is -0.254. The van der Waals surface area contributed by atoms with E-state index in [2.05, 4.69) is 10.6 Å². The van der Waals surface area contributed by atoms with Crippen LogP contribution in [-0.2, 0) is 4.79 Å². The third kappa shape index (κ3) is 2.93. The average molecular weight is 278 g/mol. The summed E-state index contributed by atoms with van der Waals surface area (Å²) in [4.78, 5) is 11.9. The van der Waals surface area contributed by atoms with Crippen LogP contribution in [0, 0.1) is 5.82 Å². The first-order valence-corrected chi connectivity index (χ1v) is 7.23. The topological polar surface area (TPSA) is 50.4 Å². The monoisotopic (exact) mass is 278 g/mol. The number of carbonyl (C=O) groups excluding carboxylic acids is 1. The largest absolute Gasteiger partial charge is 0.487 e. The summed E-state index contributed by atoms with van der Waals surface area (Å²) in [7, 11) is 0. The van der Waals surface area contributed by atoms with Gasteiger partial charge in [-0.25, -0.2) is 4.39 Å². The van der Waals surface area contributed by atoms with Crippen LogP contribution >= 0.6 is 0 Å². The summed E-state index contributed by atoms with van der Waals surface area (Å²) < 4.78 is 19.4. The highest BCUT2D eigenvalue weighted by Gasteiger charge is 2.23. The Morgan fingerprint density at radius 1 is 1.30 bits per heavy atom. The maximum absolute atomic E-state index is 13.9. The molecule has 1 heterocycles. The van der Waals surface area contributed by atoms with Crippen LogP contribution in [-0.4, -0.2) is 24.6 Å². The van der Waals surface area contributed by atoms with Crippen molar-refractivity contribution in [1.82, 2.24) is 5.32 Å². The van der Waals surface area contributed by atoms with E-state index in [9.17, 15) is 9.18 Å². The Kier molecular flexibility index (Phi) is 3.87. The molecule has 1 aromatic rings. The molecule has 0 aromatic heterocycles. The number of benzene rings is 1. The molecular formula is C15H19FN2O2. The van der Waals surface area contributed by atoms with Gasteiger partial charge in [-0.15, -0.1) is 0 Å². The Labute approximate surface area is 117 Å². The molecule has 1 aliphatic heterocycles. The van der Waals surface area contributed by atoms with Crippen LogP contribution < -0.4 is 15.4 Å². The minimum Gasteiger partial charge on any atom is -0.487 e. The molecule has 1 saturated carbocycles. The van der Waals surface area contributed by atoms with Crippen molar-refractivity contribution in [3.05, 3.63) is 24.0 Å². The van der Waals surface area contributed by atoms with Crippen LogP contribution in [0.25, 0.3) is 0 Å². The van der Waals surface area contributed by atoms with Crippen LogP contribution in [0.5, 0.6) is 5.75 Å². The van der Waals surface area contributed by atoms with E-state index in [0.717, 1.165) is 38.6 Å². The molecule has 20 heavy (non-hydrogen) atoms. The molecule has 1 aromatic carbocycles. The summed E-state index contributed by atoms with van der Waals surface area (Å²) in [5, 5.41) is 5.85. The second-order valence-electron chi connectivity index (χ2n) is 5.45. The molecule has 1 aliphatic carbocycles. The lowest BCUT2D eigenvalue weighted by Crippen LogP contribution is -2.35. The average Bonchev–Trinajstić information content (AvgIpc) is 2.89. The van der Waals surface area contributed by atoms with Crippen molar-refractivity contribution in [2.24, 2.45) is 0 Å². The van der Waals surface area contributed by atoms with Gasteiger partial charge in [-0.2, -0.15) is 0 Å². The lowest BCUT2D eigenvalue weighted by Gasteiger charge is -2.26. The molecule has 0 bridgehead atoms. The third-order valence-electron chi connectivity index (χ3n) is 3.92. The number of amides is 1. The van der Waals surface area contributed by atoms with E-state index in [-0.39, 0.29) is 23.8 Å². The highest BCUT2D eigenvalue weighted by molar-refractivity contribution is 5.95. The first-order valence-electron chi connectivity index (χ1n) is 7.23. The van der Waals surface area contributed by atoms with E-state index in [4.69, 9.17) is 4.74 Å². The van der Waals surface area contributed by atoms with Crippen molar-refractivity contribution in [3.63, 3.8) is 0 Å². The maximum Gasteiger partial charge on any atom is 0.241 e. The zero-order valence-corrected chi connectivity index (χ0v) is 11.3. The van der Waals surface area contributed by atoms with Crippen LogP contribution in [0.3, 0.4) is 0 Å². The van der Waals surface area contributed by atoms with Gasteiger partial charge in [0.2, 0.25) is 5.91 Å². The standard InChI is InChI=1S/C15H19FN2O2/c16-12-9-10(18-15(19)13-5-2-8-17-13)6-7-14(12)20-11-3-1-4-11/h6-7,9,11,13,17H,1-5,8H2,(H,18,19). The van der Waals surface area contributed by atoms with E-state index >= 15 is 0 Å². The predicted molar refractivity (Wildman–Crippen MR) is 74.3 cm³/mol. The van der Waals surface area contributed by atoms with Gasteiger partial charge in [-0.3, -0.25) is 4.79 Å². The molecule has 0 radical (unpaired) electrons. The summed E-state index contributed by atoms with van der Waals surface area (Å²) in [6.45, 7) is 0.862. The number of hydrogen-bond acceptors (Lipinski definition) is 3. The van der Waals surface area contributed by atoms with Gasteiger partial charge >= 0.3 is 0 Å². The minimum atomic E-state index is -0.422. The smallest absolute Gasteiger partial charge is 0.241 e. The van der Waals surface area contributed by atoms with E-state index in [1.54, 1.807) is 12.1 Å². The molecular weight excluding hydrogens is 259 g/mol. The molecule has 3 rings (SSSR count). The number of nitrogens with one attached hydrogen (secondary N) is 2. The van der Waals surface area contributed by atoms with Crippen molar-refractivity contribution in [2.45, 2.75) is 44.2 Å². The highest BCUT2D eigenvalue weighted by Crippen LogP contribution is 2.28. The first kappa shape index (κ1) is 13.4. The van der Waals surface area contributed by atoms with Crippen molar-refractivity contribution >= 4 is 11.6 Å². The van der Waals surface area contributed by atoms with Gasteiger partial charge in [-0.05, 0) is 50.8 Å².